The van der Waals surface area contributed by atoms with Crippen LogP contribution in [0.1, 0.15) is 5.56 Å². The van der Waals surface area contributed by atoms with E-state index in [-0.39, 0.29) is 6.03 Å². The van der Waals surface area contributed by atoms with Crippen LogP contribution in [0.4, 0.5) is 9.93 Å². The second-order valence-corrected chi connectivity index (χ2v) is 5.10. The maximum atomic E-state index is 11.5. The molecule has 2 N–H and O–H groups in total. The number of hydrogen-bond donors (Lipinski definition) is 2. The molecule has 1 aromatic carbocycles. The Hall–Kier alpha value is -1.59. The maximum absolute atomic E-state index is 11.5. The quantitative estimate of drug-likeness (QED) is 0.845. The van der Waals surface area contributed by atoms with Crippen LogP contribution in [0.5, 0.6) is 0 Å². The monoisotopic (exact) mass is 281 g/mol. The van der Waals surface area contributed by atoms with E-state index < -0.39 is 0 Å². The number of fused-ring (bicyclic) bond motifs is 1. The zero-order chi connectivity index (χ0) is 13.1. The third-order valence-electron chi connectivity index (χ3n) is 2.38. The first-order valence-electron chi connectivity index (χ1n) is 5.33. The van der Waals surface area contributed by atoms with Crippen molar-refractivity contribution in [2.45, 2.75) is 6.92 Å². The minimum Gasteiger partial charge on any atom is -0.334 e. The van der Waals surface area contributed by atoms with Gasteiger partial charge in [0.15, 0.2) is 5.13 Å². The van der Waals surface area contributed by atoms with E-state index in [9.17, 15) is 4.79 Å². The Labute approximate surface area is 114 Å². The lowest BCUT2D eigenvalue weighted by Crippen LogP contribution is -2.28. The van der Waals surface area contributed by atoms with Gasteiger partial charge in [-0.3, -0.25) is 5.32 Å². The van der Waals surface area contributed by atoms with Crippen molar-refractivity contribution >= 4 is 44.3 Å². The van der Waals surface area contributed by atoms with Crippen LogP contribution in [0.15, 0.2) is 24.8 Å². The van der Waals surface area contributed by atoms with Crippen LogP contribution in [0.3, 0.4) is 0 Å². The third kappa shape index (κ3) is 2.63. The van der Waals surface area contributed by atoms with E-state index in [0.29, 0.717) is 16.7 Å². The first kappa shape index (κ1) is 12.9. The molecule has 0 aliphatic heterocycles. The number of amides is 2. The molecule has 0 aliphatic carbocycles. The Morgan fingerprint density at radius 1 is 1.61 bits per heavy atom. The molecule has 2 amide bonds. The maximum Gasteiger partial charge on any atom is 0.321 e. The van der Waals surface area contributed by atoms with Crippen LogP contribution < -0.4 is 10.6 Å². The van der Waals surface area contributed by atoms with Crippen LogP contribution in [0.2, 0.25) is 5.02 Å². The molecular weight excluding hydrogens is 270 g/mol. The molecule has 0 bridgehead atoms. The van der Waals surface area contributed by atoms with Gasteiger partial charge in [0, 0.05) is 11.6 Å². The fourth-order valence-electron chi connectivity index (χ4n) is 1.46. The number of benzene rings is 1. The summed E-state index contributed by atoms with van der Waals surface area (Å²) in [5.74, 6) is 0. The van der Waals surface area contributed by atoms with Crippen LogP contribution in [-0.4, -0.2) is 17.6 Å². The van der Waals surface area contributed by atoms with Gasteiger partial charge in [-0.15, -0.1) is 6.58 Å². The number of hydrogen-bond acceptors (Lipinski definition) is 3. The van der Waals surface area contributed by atoms with E-state index in [2.05, 4.69) is 22.2 Å². The smallest absolute Gasteiger partial charge is 0.321 e. The second-order valence-electron chi connectivity index (χ2n) is 3.66. The minimum absolute atomic E-state index is 0.294. The molecule has 1 aromatic heterocycles. The van der Waals surface area contributed by atoms with Crippen molar-refractivity contribution in [1.29, 1.82) is 0 Å². The van der Waals surface area contributed by atoms with Crippen LogP contribution in [-0.2, 0) is 0 Å². The molecule has 0 fully saturated rings. The Balaban J connectivity index is 2.23. The normalized spacial score (nSPS) is 10.3. The summed E-state index contributed by atoms with van der Waals surface area (Å²) >= 11 is 7.44. The van der Waals surface area contributed by atoms with Gasteiger partial charge in [-0.1, -0.05) is 29.0 Å². The number of carbonyl (C=O) groups excluding carboxylic acids is 1. The Bertz CT molecular complexity index is 609. The van der Waals surface area contributed by atoms with Gasteiger partial charge in [-0.25, -0.2) is 9.78 Å². The number of nitrogens with zero attached hydrogens (tertiary/aromatic N) is 1. The Morgan fingerprint density at radius 3 is 3.11 bits per heavy atom. The largest absolute Gasteiger partial charge is 0.334 e. The van der Waals surface area contributed by atoms with Crippen molar-refractivity contribution in [1.82, 2.24) is 10.3 Å². The van der Waals surface area contributed by atoms with E-state index in [1.165, 1.54) is 11.3 Å². The molecule has 1 heterocycles. The molecule has 94 valence electrons. The summed E-state index contributed by atoms with van der Waals surface area (Å²) in [5, 5.41) is 6.53. The predicted octanol–water partition coefficient (Wildman–Crippen LogP) is 3.57. The first-order valence-corrected chi connectivity index (χ1v) is 6.52. The molecule has 18 heavy (non-hydrogen) atoms. The van der Waals surface area contributed by atoms with Crippen LogP contribution in [0, 0.1) is 6.92 Å². The van der Waals surface area contributed by atoms with Crippen molar-refractivity contribution in [2.75, 3.05) is 11.9 Å². The van der Waals surface area contributed by atoms with Gasteiger partial charge in [-0.2, -0.15) is 0 Å². The summed E-state index contributed by atoms with van der Waals surface area (Å²) in [4.78, 5) is 15.8. The number of halogens is 1. The number of urea groups is 1. The lowest BCUT2D eigenvalue weighted by Gasteiger charge is -2.01. The van der Waals surface area contributed by atoms with E-state index in [1.807, 2.05) is 19.1 Å². The summed E-state index contributed by atoms with van der Waals surface area (Å²) in [6, 6.07) is 3.44. The average molecular weight is 282 g/mol. The number of anilines is 1. The lowest BCUT2D eigenvalue weighted by atomic mass is 10.2. The van der Waals surface area contributed by atoms with Gasteiger partial charge in [0.25, 0.3) is 0 Å². The van der Waals surface area contributed by atoms with Crippen molar-refractivity contribution in [2.24, 2.45) is 0 Å². The molecular formula is C12H12ClN3OS. The van der Waals surface area contributed by atoms with Gasteiger partial charge in [-0.05, 0) is 24.6 Å². The van der Waals surface area contributed by atoms with Crippen LogP contribution >= 0.6 is 22.9 Å². The topological polar surface area (TPSA) is 54.0 Å². The molecule has 2 rings (SSSR count). The number of nitrogens with one attached hydrogen (secondary N) is 2. The highest BCUT2D eigenvalue weighted by Gasteiger charge is 2.10. The summed E-state index contributed by atoms with van der Waals surface area (Å²) in [6.07, 6.45) is 1.61. The van der Waals surface area contributed by atoms with Crippen molar-refractivity contribution < 1.29 is 4.79 Å². The molecule has 0 atom stereocenters. The van der Waals surface area contributed by atoms with Gasteiger partial charge < -0.3 is 5.32 Å². The standard InChI is InChI=1S/C12H12ClN3OS/c1-3-6-14-11(17)16-12-15-10-7(2)8(13)4-5-9(10)18-12/h3-5H,1,6H2,2H3,(H2,14,15,16,17). The molecule has 0 saturated carbocycles. The average Bonchev–Trinajstić information content (AvgIpc) is 2.75. The van der Waals surface area contributed by atoms with Crippen LogP contribution in [0.25, 0.3) is 10.2 Å². The highest BCUT2D eigenvalue weighted by Crippen LogP contribution is 2.31. The predicted molar refractivity (Wildman–Crippen MR) is 76.6 cm³/mol. The molecule has 0 aliphatic rings. The zero-order valence-electron chi connectivity index (χ0n) is 9.79. The molecule has 4 nitrogen and oxygen atoms in total. The lowest BCUT2D eigenvalue weighted by molar-refractivity contribution is 0.253. The van der Waals surface area contributed by atoms with E-state index >= 15 is 0 Å². The number of rotatable bonds is 3. The SMILES string of the molecule is C=CCNC(=O)Nc1nc2c(C)c(Cl)ccc2s1. The minimum atomic E-state index is -0.294. The van der Waals surface area contributed by atoms with Gasteiger partial charge in [0.1, 0.15) is 0 Å². The summed E-state index contributed by atoms with van der Waals surface area (Å²) in [6.45, 7) is 5.85. The second kappa shape index (κ2) is 5.37. The van der Waals surface area contributed by atoms with Crippen molar-refractivity contribution in [3.63, 3.8) is 0 Å². The summed E-state index contributed by atoms with van der Waals surface area (Å²) in [5.41, 5.74) is 1.75. The Kier molecular flexibility index (Phi) is 3.84. The van der Waals surface area contributed by atoms with Crippen molar-refractivity contribution in [3.05, 3.63) is 35.4 Å². The summed E-state index contributed by atoms with van der Waals surface area (Å²) in [7, 11) is 0. The molecule has 2 aromatic rings. The first-order chi connectivity index (χ1) is 8.61. The molecule has 0 radical (unpaired) electrons. The van der Waals surface area contributed by atoms with E-state index in [4.69, 9.17) is 11.6 Å². The third-order valence-corrected chi connectivity index (χ3v) is 3.72. The fraction of sp³-hybridized carbons (Fsp3) is 0.167. The number of aromatic nitrogens is 1. The van der Waals surface area contributed by atoms with E-state index in [1.54, 1.807) is 6.08 Å². The molecule has 0 saturated heterocycles. The molecule has 0 unspecified atom stereocenters. The van der Waals surface area contributed by atoms with Crippen molar-refractivity contribution in [3.8, 4) is 0 Å². The molecule has 6 heteroatoms. The fourth-order valence-corrected chi connectivity index (χ4v) is 2.53. The number of thiazole rings is 1. The summed E-state index contributed by atoms with van der Waals surface area (Å²) < 4.78 is 0.996. The van der Waals surface area contributed by atoms with Gasteiger partial charge in [0.2, 0.25) is 0 Å². The molecule has 0 spiro atoms. The van der Waals surface area contributed by atoms with Gasteiger partial charge >= 0.3 is 6.03 Å². The highest BCUT2D eigenvalue weighted by atomic mass is 35.5. The number of carbonyl (C=O) groups is 1. The highest BCUT2D eigenvalue weighted by molar-refractivity contribution is 7.22. The zero-order valence-corrected chi connectivity index (χ0v) is 11.4. The Morgan fingerprint density at radius 2 is 2.39 bits per heavy atom. The van der Waals surface area contributed by atoms with Gasteiger partial charge in [0.05, 0.1) is 10.2 Å². The number of aryl methyl sites for hydroxylation is 1. The van der Waals surface area contributed by atoms with E-state index in [0.717, 1.165) is 15.8 Å².